The van der Waals surface area contributed by atoms with Crippen molar-refractivity contribution in [3.63, 3.8) is 0 Å². The molecule has 0 unspecified atom stereocenters. The van der Waals surface area contributed by atoms with E-state index in [1.54, 1.807) is 52.8 Å². The van der Waals surface area contributed by atoms with Gasteiger partial charge in [0, 0.05) is 55.6 Å². The fraction of sp³-hybridized carbons (Fsp3) is 0.607. The molecule has 1 aromatic heterocycles. The molecule has 2 aromatic carbocycles. The van der Waals surface area contributed by atoms with Crippen molar-refractivity contribution in [1.29, 1.82) is 0 Å². The topological polar surface area (TPSA) is 274 Å². The fourth-order valence-corrected chi connectivity index (χ4v) is 9.89. The number of halogens is 2. The average molecular weight is 1180 g/mol. The Hall–Kier alpha value is -6.61. The van der Waals surface area contributed by atoms with Gasteiger partial charge in [0.15, 0.2) is 5.82 Å². The summed E-state index contributed by atoms with van der Waals surface area (Å²) >= 11 is 0. The molecule has 26 heteroatoms. The molecule has 5 amide bonds. The molecule has 2 aliphatic rings. The molecule has 1 saturated heterocycles. The minimum atomic E-state index is -3.37. The Kier molecular flexibility index (Phi) is 25.6. The fourth-order valence-electron chi connectivity index (χ4n) is 8.55. The number of aromatic nitrogens is 2. The third-order valence-corrected chi connectivity index (χ3v) is 13.8. The third kappa shape index (κ3) is 23.3. The lowest BCUT2D eigenvalue weighted by molar-refractivity contribution is -0.870. The number of hydrogen-bond donors (Lipinski definition) is 4. The average Bonchev–Trinajstić information content (AvgIpc) is 4.02. The summed E-state index contributed by atoms with van der Waals surface area (Å²) in [5, 5.41) is 11.0. The van der Waals surface area contributed by atoms with Crippen LogP contribution < -0.4 is 30.7 Å². The number of ether oxygens (including phenoxy) is 7. The summed E-state index contributed by atoms with van der Waals surface area (Å²) in [5.41, 5.74) is 0.315. The van der Waals surface area contributed by atoms with Gasteiger partial charge < -0.3 is 63.8 Å². The van der Waals surface area contributed by atoms with Gasteiger partial charge in [0.1, 0.15) is 46.7 Å². The van der Waals surface area contributed by atoms with Gasteiger partial charge in [-0.25, -0.2) is 27.8 Å². The summed E-state index contributed by atoms with van der Waals surface area (Å²) < 4.78 is 87.6. The second kappa shape index (κ2) is 31.7. The van der Waals surface area contributed by atoms with E-state index in [0.29, 0.717) is 53.7 Å². The van der Waals surface area contributed by atoms with Gasteiger partial charge >= 0.3 is 12.1 Å². The van der Waals surface area contributed by atoms with Gasteiger partial charge in [0.05, 0.1) is 115 Å². The molecule has 0 aliphatic carbocycles. The molecule has 23 nitrogen and oxygen atoms in total. The maximum atomic E-state index is 15.2. The van der Waals surface area contributed by atoms with E-state index in [1.807, 2.05) is 21.1 Å². The molecule has 454 valence electrons. The number of likely N-dealkylation sites (tertiary alicyclic amines) is 1. The lowest BCUT2D eigenvalue weighted by Crippen LogP contribution is -2.56. The zero-order chi connectivity index (χ0) is 60.0. The highest BCUT2D eigenvalue weighted by Crippen LogP contribution is 2.33. The number of quaternary nitrogens is 1. The molecule has 3 heterocycles. The van der Waals surface area contributed by atoms with Crippen molar-refractivity contribution in [2.24, 2.45) is 10.3 Å². The van der Waals surface area contributed by atoms with Crippen LogP contribution in [0.25, 0.3) is 11.3 Å². The Balaban J connectivity index is 1.20. The molecule has 4 N–H and O–H groups in total. The standard InChI is InChI=1S/C56H81F2N9O14S/c1-37(2)49(52(71)65-82(9,74)36-38-30-40-33-41(31-38)78-21-10-11-22-79-46-32-39(57)15-16-42(46)50-43(58)35-60-54(61-40)64-50)63-51(70)45-14-12-19-66(45)53(72)44(34-48(69)80-23-13-20-67(6,7)8)62-47(68)17-24-75-26-28-77-29-27-76-25-18-59-55(73)81-56(3,4)5/h15-16,30-33,35,37,44-45,49H,10-14,17-29,34,36H2,1-9H3,(H3-,59,60,61,62,63,64,68,70,73)/p+1/t44-,45-,49-,82+/m0/s1. The quantitative estimate of drug-likeness (QED) is 0.0442. The van der Waals surface area contributed by atoms with Gasteiger partial charge in [-0.2, -0.15) is 4.36 Å². The number of carbonyl (C=O) groups excluding carboxylic acids is 6. The normalized spacial score (nSPS) is 16.0. The molecule has 5 rings (SSSR count). The van der Waals surface area contributed by atoms with Crippen molar-refractivity contribution in [3.05, 3.63) is 59.8 Å². The second-order valence-corrected chi connectivity index (χ2v) is 24.7. The lowest BCUT2D eigenvalue weighted by atomic mass is 10.0. The van der Waals surface area contributed by atoms with Gasteiger partial charge in [0.25, 0.3) is 5.91 Å². The van der Waals surface area contributed by atoms with Gasteiger partial charge in [-0.15, -0.1) is 0 Å². The van der Waals surface area contributed by atoms with Gasteiger partial charge in [-0.05, 0) is 82.2 Å². The summed E-state index contributed by atoms with van der Waals surface area (Å²) in [5.74, 6) is -5.19. The summed E-state index contributed by atoms with van der Waals surface area (Å²) in [6.07, 6.45) is 3.28. The van der Waals surface area contributed by atoms with E-state index in [4.69, 9.17) is 33.2 Å². The number of hydrogen-bond acceptors (Lipinski definition) is 17. The number of anilines is 2. The first kappa shape index (κ1) is 66.2. The summed E-state index contributed by atoms with van der Waals surface area (Å²) in [4.78, 5) is 90.5. The maximum absolute atomic E-state index is 15.2. The van der Waals surface area contributed by atoms with E-state index in [0.717, 1.165) is 12.3 Å². The zero-order valence-electron chi connectivity index (χ0n) is 48.6. The number of esters is 1. The number of carbonyl (C=O) groups is 6. The van der Waals surface area contributed by atoms with Crippen molar-refractivity contribution >= 4 is 57.1 Å². The SMILES string of the molecule is CC(C)[C@H](NC(=O)[C@@H]1CCCN1C(=O)[C@H](CC(=O)OCCC[N+](C)(C)C)NC(=O)CCOCCOCCOCCNC(=O)OC(C)(C)C)C(=O)N=[S@](C)(=O)Cc1cc2cc(c1)OCCCCOc1cc(F)ccc1-c1nc(ncc1F)N2. The molecule has 4 bridgehead atoms. The van der Waals surface area contributed by atoms with Crippen LogP contribution in [0.4, 0.5) is 25.2 Å². The molecular weight excluding hydrogens is 1090 g/mol. The molecule has 1 fully saturated rings. The smallest absolute Gasteiger partial charge is 0.407 e. The monoisotopic (exact) mass is 1170 g/mol. The molecule has 4 atom stereocenters. The minimum Gasteiger partial charge on any atom is -0.494 e. The molecule has 0 radical (unpaired) electrons. The van der Waals surface area contributed by atoms with Crippen molar-refractivity contribution in [2.75, 3.05) is 112 Å². The predicted octanol–water partition coefficient (Wildman–Crippen LogP) is 5.45. The number of nitrogens with zero attached hydrogens (tertiary/aromatic N) is 5. The number of nitrogens with one attached hydrogen (secondary N) is 4. The first-order valence-electron chi connectivity index (χ1n) is 27.5. The Morgan fingerprint density at radius 1 is 0.902 bits per heavy atom. The lowest BCUT2D eigenvalue weighted by Gasteiger charge is -2.30. The van der Waals surface area contributed by atoms with E-state index in [1.165, 1.54) is 23.3 Å². The Morgan fingerprint density at radius 2 is 1.60 bits per heavy atom. The molecule has 2 aliphatic heterocycles. The Bertz CT molecular complexity index is 2790. The first-order chi connectivity index (χ1) is 38.8. The van der Waals surface area contributed by atoms with Crippen LogP contribution in [0.1, 0.15) is 85.1 Å². The number of alkyl carbamates (subject to hydrolysis) is 1. The summed E-state index contributed by atoms with van der Waals surface area (Å²) in [7, 11) is 2.63. The van der Waals surface area contributed by atoms with Crippen molar-refractivity contribution in [3.8, 4) is 22.8 Å². The molecule has 82 heavy (non-hydrogen) atoms. The van der Waals surface area contributed by atoms with E-state index >= 15 is 4.39 Å². The van der Waals surface area contributed by atoms with Crippen LogP contribution in [0.3, 0.4) is 0 Å². The summed E-state index contributed by atoms with van der Waals surface area (Å²) in [6, 6.07) is 4.91. The van der Waals surface area contributed by atoms with Gasteiger partial charge in [0.2, 0.25) is 23.7 Å². The minimum absolute atomic E-state index is 0.0200. The van der Waals surface area contributed by atoms with Crippen LogP contribution >= 0.6 is 0 Å². The van der Waals surface area contributed by atoms with E-state index in [-0.39, 0.29) is 114 Å². The second-order valence-electron chi connectivity index (χ2n) is 22.3. The van der Waals surface area contributed by atoms with Crippen molar-refractivity contribution in [1.82, 2.24) is 30.8 Å². The van der Waals surface area contributed by atoms with Crippen LogP contribution in [0, 0.1) is 17.6 Å². The van der Waals surface area contributed by atoms with Crippen LogP contribution in [-0.4, -0.2) is 189 Å². The predicted molar refractivity (Wildman–Crippen MR) is 300 cm³/mol. The highest BCUT2D eigenvalue weighted by molar-refractivity contribution is 7.92. The number of rotatable bonds is 26. The molecule has 3 aromatic rings. The summed E-state index contributed by atoms with van der Waals surface area (Å²) in [6.45, 7) is 11.4. The number of fused-ring (bicyclic) bond motifs is 6. The van der Waals surface area contributed by atoms with Gasteiger partial charge in [-0.3, -0.25) is 24.0 Å². The molecular formula is C56H82F2N9O14S+. The van der Waals surface area contributed by atoms with E-state index in [2.05, 4.69) is 35.6 Å². The van der Waals surface area contributed by atoms with E-state index < -0.39 is 93.1 Å². The largest absolute Gasteiger partial charge is 0.494 e. The third-order valence-electron chi connectivity index (χ3n) is 12.4. The molecule has 0 spiro atoms. The highest BCUT2D eigenvalue weighted by Gasteiger charge is 2.40. The highest BCUT2D eigenvalue weighted by atomic mass is 32.2. The van der Waals surface area contributed by atoms with Crippen LogP contribution in [0.2, 0.25) is 0 Å². The van der Waals surface area contributed by atoms with Gasteiger partial charge in [-0.1, -0.05) is 13.8 Å². The van der Waals surface area contributed by atoms with E-state index in [9.17, 15) is 37.4 Å². The first-order valence-corrected chi connectivity index (χ1v) is 29.6. The maximum Gasteiger partial charge on any atom is 0.407 e. The van der Waals surface area contributed by atoms with Crippen LogP contribution in [0.15, 0.2) is 47.0 Å². The zero-order valence-corrected chi connectivity index (χ0v) is 49.4. The molecule has 0 saturated carbocycles. The van der Waals surface area contributed by atoms with Crippen LogP contribution in [-0.2, 0) is 63.1 Å². The van der Waals surface area contributed by atoms with Crippen molar-refractivity contribution < 1.29 is 79.4 Å². The van der Waals surface area contributed by atoms with Crippen LogP contribution in [0.5, 0.6) is 11.5 Å². The Morgan fingerprint density at radius 3 is 2.29 bits per heavy atom. The van der Waals surface area contributed by atoms with Crippen molar-refractivity contribution in [2.45, 2.75) is 109 Å². The number of amides is 5. The number of benzene rings is 2. The Labute approximate surface area is 479 Å².